The van der Waals surface area contributed by atoms with E-state index in [1.807, 2.05) is 6.07 Å². The Labute approximate surface area is 101 Å². The van der Waals surface area contributed by atoms with Gasteiger partial charge in [0.05, 0.1) is 6.61 Å². The van der Waals surface area contributed by atoms with Gasteiger partial charge < -0.3 is 10.1 Å². The topological polar surface area (TPSA) is 21.3 Å². The number of benzene rings is 1. The van der Waals surface area contributed by atoms with Gasteiger partial charge in [-0.1, -0.05) is 18.2 Å². The molecule has 0 fully saturated rings. The highest BCUT2D eigenvalue weighted by molar-refractivity contribution is 5.32. The van der Waals surface area contributed by atoms with Gasteiger partial charge in [0.1, 0.15) is 6.61 Å². The first-order valence-electron chi connectivity index (χ1n) is 5.73. The van der Waals surface area contributed by atoms with Gasteiger partial charge >= 0.3 is 0 Å². The Hall–Kier alpha value is -1.00. The van der Waals surface area contributed by atoms with Crippen molar-refractivity contribution in [3.05, 3.63) is 34.9 Å². The number of hydrogen-bond acceptors (Lipinski definition) is 2. The molecule has 0 bridgehead atoms. The fourth-order valence-corrected chi connectivity index (χ4v) is 1.54. The Balaban J connectivity index is 2.20. The molecule has 0 amide bonds. The summed E-state index contributed by atoms with van der Waals surface area (Å²) in [5.74, 6) is 0. The number of nitrogens with one attached hydrogen (secondary N) is 1. The van der Waals surface area contributed by atoms with E-state index in [2.05, 4.69) is 31.3 Å². The first-order chi connectivity index (χ1) is 8.11. The molecule has 1 rings (SSSR count). The minimum atomic E-state index is -2.38. The fourth-order valence-electron chi connectivity index (χ4n) is 1.54. The predicted octanol–water partition coefficient (Wildman–Crippen LogP) is 2.67. The quantitative estimate of drug-likeness (QED) is 0.743. The van der Waals surface area contributed by atoms with Crippen LogP contribution in [0.15, 0.2) is 18.2 Å². The summed E-state index contributed by atoms with van der Waals surface area (Å²) in [4.78, 5) is 0. The molecule has 0 saturated heterocycles. The van der Waals surface area contributed by atoms with Crippen molar-refractivity contribution in [2.75, 3.05) is 19.8 Å². The van der Waals surface area contributed by atoms with Crippen LogP contribution in [0.5, 0.6) is 0 Å². The summed E-state index contributed by atoms with van der Waals surface area (Å²) in [5.41, 5.74) is 3.77. The maximum Gasteiger partial charge on any atom is 0.261 e. The molecule has 0 aliphatic rings. The van der Waals surface area contributed by atoms with Gasteiger partial charge in [-0.2, -0.15) is 0 Å². The standard InChI is InChI=1S/C13H19F2NO/c1-10-4-3-5-12(11(10)2)8-16-6-7-17-9-13(14)15/h3-5,13,16H,6-9H2,1-2H3. The average Bonchev–Trinajstić information content (AvgIpc) is 2.28. The molecule has 0 unspecified atom stereocenters. The molecule has 0 heterocycles. The summed E-state index contributed by atoms with van der Waals surface area (Å²) in [6, 6.07) is 6.16. The van der Waals surface area contributed by atoms with Crippen molar-refractivity contribution >= 4 is 0 Å². The monoisotopic (exact) mass is 243 g/mol. The molecular weight excluding hydrogens is 224 g/mol. The molecule has 0 aliphatic heterocycles. The van der Waals surface area contributed by atoms with E-state index in [9.17, 15) is 8.78 Å². The van der Waals surface area contributed by atoms with Crippen LogP contribution in [0, 0.1) is 13.8 Å². The van der Waals surface area contributed by atoms with Gasteiger partial charge in [0.15, 0.2) is 0 Å². The van der Waals surface area contributed by atoms with Gasteiger partial charge in [-0.25, -0.2) is 8.78 Å². The number of aryl methyl sites for hydroxylation is 1. The van der Waals surface area contributed by atoms with Crippen molar-refractivity contribution in [2.24, 2.45) is 0 Å². The third-order valence-electron chi connectivity index (χ3n) is 2.70. The van der Waals surface area contributed by atoms with E-state index in [1.165, 1.54) is 16.7 Å². The first kappa shape index (κ1) is 14.1. The Bertz CT molecular complexity index is 342. The lowest BCUT2D eigenvalue weighted by Crippen LogP contribution is -2.21. The van der Waals surface area contributed by atoms with E-state index in [4.69, 9.17) is 4.74 Å². The van der Waals surface area contributed by atoms with E-state index in [-0.39, 0.29) is 0 Å². The molecule has 0 atom stereocenters. The molecule has 0 aliphatic carbocycles. The molecule has 4 heteroatoms. The van der Waals surface area contributed by atoms with Crippen LogP contribution < -0.4 is 5.32 Å². The van der Waals surface area contributed by atoms with E-state index in [1.54, 1.807) is 0 Å². The Kier molecular flexibility index (Phi) is 6.08. The number of alkyl halides is 2. The number of halogens is 2. The highest BCUT2D eigenvalue weighted by Crippen LogP contribution is 2.11. The maximum atomic E-state index is 11.8. The summed E-state index contributed by atoms with van der Waals surface area (Å²) in [7, 11) is 0. The molecule has 0 aromatic heterocycles. The third kappa shape index (κ3) is 5.24. The lowest BCUT2D eigenvalue weighted by Gasteiger charge is -2.10. The van der Waals surface area contributed by atoms with Crippen molar-refractivity contribution in [3.8, 4) is 0 Å². The number of ether oxygens (including phenoxy) is 1. The number of rotatable bonds is 7. The lowest BCUT2D eigenvalue weighted by molar-refractivity contribution is 0.0187. The van der Waals surface area contributed by atoms with Crippen molar-refractivity contribution < 1.29 is 13.5 Å². The van der Waals surface area contributed by atoms with E-state index < -0.39 is 13.0 Å². The highest BCUT2D eigenvalue weighted by atomic mass is 19.3. The van der Waals surface area contributed by atoms with Crippen LogP contribution in [0.1, 0.15) is 16.7 Å². The zero-order valence-corrected chi connectivity index (χ0v) is 10.3. The summed E-state index contributed by atoms with van der Waals surface area (Å²) >= 11 is 0. The summed E-state index contributed by atoms with van der Waals surface area (Å²) in [6.45, 7) is 5.32. The zero-order chi connectivity index (χ0) is 12.7. The zero-order valence-electron chi connectivity index (χ0n) is 10.3. The molecular formula is C13H19F2NO. The van der Waals surface area contributed by atoms with Crippen LogP contribution in [0.2, 0.25) is 0 Å². The molecule has 0 spiro atoms. The van der Waals surface area contributed by atoms with Crippen LogP contribution >= 0.6 is 0 Å². The van der Waals surface area contributed by atoms with Crippen LogP contribution in [-0.2, 0) is 11.3 Å². The summed E-state index contributed by atoms with van der Waals surface area (Å²) in [6.07, 6.45) is -2.38. The van der Waals surface area contributed by atoms with E-state index in [0.717, 1.165) is 6.54 Å². The molecule has 1 N–H and O–H groups in total. The second-order valence-corrected chi connectivity index (χ2v) is 4.00. The number of hydrogen-bond donors (Lipinski definition) is 1. The van der Waals surface area contributed by atoms with Crippen molar-refractivity contribution in [2.45, 2.75) is 26.8 Å². The minimum absolute atomic E-state index is 0.315. The molecule has 17 heavy (non-hydrogen) atoms. The molecule has 96 valence electrons. The summed E-state index contributed by atoms with van der Waals surface area (Å²) < 4.78 is 28.3. The molecule has 0 saturated carbocycles. The molecule has 1 aromatic rings. The first-order valence-corrected chi connectivity index (χ1v) is 5.73. The Morgan fingerprint density at radius 3 is 2.76 bits per heavy atom. The highest BCUT2D eigenvalue weighted by Gasteiger charge is 2.02. The van der Waals surface area contributed by atoms with Crippen LogP contribution in [-0.4, -0.2) is 26.2 Å². The normalized spacial score (nSPS) is 11.1. The SMILES string of the molecule is Cc1cccc(CNCCOCC(F)F)c1C. The van der Waals surface area contributed by atoms with Gasteiger partial charge in [0.25, 0.3) is 6.43 Å². The Morgan fingerprint density at radius 1 is 1.29 bits per heavy atom. The fraction of sp³-hybridized carbons (Fsp3) is 0.538. The van der Waals surface area contributed by atoms with Crippen LogP contribution in [0.3, 0.4) is 0 Å². The summed E-state index contributed by atoms with van der Waals surface area (Å²) in [5, 5.41) is 3.17. The molecule has 1 aromatic carbocycles. The smallest absolute Gasteiger partial charge is 0.261 e. The van der Waals surface area contributed by atoms with Crippen LogP contribution in [0.25, 0.3) is 0 Å². The Morgan fingerprint density at radius 2 is 2.06 bits per heavy atom. The molecule has 0 radical (unpaired) electrons. The third-order valence-corrected chi connectivity index (χ3v) is 2.70. The largest absolute Gasteiger partial charge is 0.374 e. The minimum Gasteiger partial charge on any atom is -0.374 e. The van der Waals surface area contributed by atoms with E-state index in [0.29, 0.717) is 13.2 Å². The van der Waals surface area contributed by atoms with Gasteiger partial charge in [0.2, 0.25) is 0 Å². The van der Waals surface area contributed by atoms with Gasteiger partial charge in [-0.3, -0.25) is 0 Å². The van der Waals surface area contributed by atoms with Gasteiger partial charge in [-0.15, -0.1) is 0 Å². The second-order valence-electron chi connectivity index (χ2n) is 4.00. The maximum absolute atomic E-state index is 11.8. The van der Waals surface area contributed by atoms with Crippen molar-refractivity contribution in [1.82, 2.24) is 5.32 Å². The molecule has 2 nitrogen and oxygen atoms in total. The average molecular weight is 243 g/mol. The van der Waals surface area contributed by atoms with Gasteiger partial charge in [0, 0.05) is 13.1 Å². The van der Waals surface area contributed by atoms with Crippen LogP contribution in [0.4, 0.5) is 8.78 Å². The predicted molar refractivity (Wildman–Crippen MR) is 64.4 cm³/mol. The van der Waals surface area contributed by atoms with Crippen molar-refractivity contribution in [1.29, 1.82) is 0 Å². The van der Waals surface area contributed by atoms with Crippen molar-refractivity contribution in [3.63, 3.8) is 0 Å². The van der Waals surface area contributed by atoms with E-state index >= 15 is 0 Å². The van der Waals surface area contributed by atoms with Gasteiger partial charge in [-0.05, 0) is 30.5 Å². The second kappa shape index (κ2) is 7.35. The lowest BCUT2D eigenvalue weighted by atomic mass is 10.0.